The highest BCUT2D eigenvalue weighted by atomic mass is 32.1. The van der Waals surface area contributed by atoms with E-state index in [0.717, 1.165) is 47.9 Å². The molecular weight excluding hydrogens is 406 g/mol. The normalized spacial score (nSPS) is 26.4. The summed E-state index contributed by atoms with van der Waals surface area (Å²) in [7, 11) is 0. The van der Waals surface area contributed by atoms with Gasteiger partial charge in [-0.3, -0.25) is 9.59 Å². The van der Waals surface area contributed by atoms with E-state index in [0.29, 0.717) is 12.2 Å². The fourth-order valence-corrected chi connectivity index (χ4v) is 6.41. The van der Waals surface area contributed by atoms with Gasteiger partial charge in [0.15, 0.2) is 0 Å². The van der Waals surface area contributed by atoms with E-state index in [1.54, 1.807) is 11.3 Å². The van der Waals surface area contributed by atoms with E-state index in [4.69, 9.17) is 0 Å². The number of hydrogen-bond acceptors (Lipinski definition) is 3. The molecule has 3 aliphatic rings. The molecule has 31 heavy (non-hydrogen) atoms. The van der Waals surface area contributed by atoms with Gasteiger partial charge < -0.3 is 14.8 Å². The van der Waals surface area contributed by atoms with Gasteiger partial charge in [0, 0.05) is 10.9 Å². The van der Waals surface area contributed by atoms with Crippen molar-refractivity contribution in [2.24, 2.45) is 0 Å². The summed E-state index contributed by atoms with van der Waals surface area (Å²) in [5.74, 6) is -0.0906. The fourth-order valence-electron chi connectivity index (χ4n) is 5.37. The van der Waals surface area contributed by atoms with Crippen LogP contribution in [-0.2, 0) is 17.8 Å². The van der Waals surface area contributed by atoms with Gasteiger partial charge in [0.05, 0.1) is 22.8 Å². The van der Waals surface area contributed by atoms with E-state index in [1.165, 1.54) is 11.3 Å². The van der Waals surface area contributed by atoms with Gasteiger partial charge >= 0.3 is 0 Å². The van der Waals surface area contributed by atoms with Crippen LogP contribution >= 0.6 is 11.3 Å². The largest absolute Gasteiger partial charge is 0.351 e. The van der Waals surface area contributed by atoms with Crippen molar-refractivity contribution in [1.82, 2.24) is 14.8 Å². The zero-order valence-corrected chi connectivity index (χ0v) is 19.4. The lowest BCUT2D eigenvalue weighted by Crippen LogP contribution is -2.66. The molecule has 2 aliphatic carbocycles. The number of nitrogens with one attached hydrogen (secondary N) is 1. The fraction of sp³-hybridized carbons (Fsp3) is 0.520. The average Bonchev–Trinajstić information content (AvgIpc) is 3.44. The number of carbonyl (C=O) groups is 2. The zero-order valence-electron chi connectivity index (χ0n) is 18.6. The van der Waals surface area contributed by atoms with Crippen LogP contribution in [0, 0.1) is 0 Å². The molecule has 1 saturated carbocycles. The van der Waals surface area contributed by atoms with E-state index in [2.05, 4.69) is 29.0 Å². The molecule has 0 bridgehead atoms. The minimum Gasteiger partial charge on any atom is -0.351 e. The van der Waals surface area contributed by atoms with Crippen molar-refractivity contribution in [2.75, 3.05) is 0 Å². The Kier molecular flexibility index (Phi) is 5.08. The first-order valence-corrected chi connectivity index (χ1v) is 12.4. The molecule has 0 saturated heterocycles. The molecule has 2 unspecified atom stereocenters. The molecule has 2 aromatic rings. The molecule has 164 valence electrons. The SMILES string of the molecule is CCc1cc2c(cc3n2CC(C)(C(=O)NC2CCCCC2)N(C2C=CC(C)=C2)C3=O)s1. The van der Waals surface area contributed by atoms with Crippen LogP contribution in [0.15, 0.2) is 35.9 Å². The summed E-state index contributed by atoms with van der Waals surface area (Å²) in [4.78, 5) is 30.7. The monoisotopic (exact) mass is 437 g/mol. The Labute approximate surface area is 187 Å². The van der Waals surface area contributed by atoms with Gasteiger partial charge in [-0.25, -0.2) is 0 Å². The Bertz CT molecular complexity index is 1100. The number of amides is 2. The van der Waals surface area contributed by atoms with Crippen molar-refractivity contribution in [3.8, 4) is 0 Å². The van der Waals surface area contributed by atoms with Crippen molar-refractivity contribution in [3.05, 3.63) is 46.5 Å². The first kappa shape index (κ1) is 20.6. The van der Waals surface area contributed by atoms with Gasteiger partial charge in [-0.1, -0.05) is 50.0 Å². The minimum atomic E-state index is -0.947. The summed E-state index contributed by atoms with van der Waals surface area (Å²) in [6, 6.07) is 4.22. The molecule has 2 amide bonds. The third-order valence-electron chi connectivity index (χ3n) is 7.14. The molecule has 6 heteroatoms. The first-order valence-electron chi connectivity index (χ1n) is 11.5. The third kappa shape index (κ3) is 3.36. The quantitative estimate of drug-likeness (QED) is 0.746. The predicted molar refractivity (Wildman–Crippen MR) is 125 cm³/mol. The number of aromatic nitrogens is 1. The molecule has 1 fully saturated rings. The number of hydrogen-bond donors (Lipinski definition) is 1. The van der Waals surface area contributed by atoms with E-state index in [9.17, 15) is 9.59 Å². The number of aryl methyl sites for hydroxylation is 1. The highest BCUT2D eigenvalue weighted by Gasteiger charge is 2.50. The highest BCUT2D eigenvalue weighted by molar-refractivity contribution is 7.19. The van der Waals surface area contributed by atoms with Crippen molar-refractivity contribution in [1.29, 1.82) is 0 Å². The van der Waals surface area contributed by atoms with Crippen LogP contribution in [0.1, 0.15) is 68.2 Å². The van der Waals surface area contributed by atoms with Crippen molar-refractivity contribution < 1.29 is 9.59 Å². The Hall–Kier alpha value is -2.34. The minimum absolute atomic E-state index is 0.0300. The second kappa shape index (κ2) is 7.66. The molecule has 1 N–H and O–H groups in total. The summed E-state index contributed by atoms with van der Waals surface area (Å²) in [6.45, 7) is 6.61. The van der Waals surface area contributed by atoms with Gasteiger partial charge in [0.25, 0.3) is 5.91 Å². The Morgan fingerprint density at radius 1 is 1.26 bits per heavy atom. The molecule has 0 radical (unpaired) electrons. The van der Waals surface area contributed by atoms with Gasteiger partial charge in [-0.05, 0) is 45.2 Å². The van der Waals surface area contributed by atoms with Gasteiger partial charge in [-0.15, -0.1) is 11.3 Å². The zero-order chi connectivity index (χ0) is 21.8. The van der Waals surface area contributed by atoms with E-state index >= 15 is 0 Å². The predicted octanol–water partition coefficient (Wildman–Crippen LogP) is 4.81. The molecule has 5 nitrogen and oxygen atoms in total. The third-order valence-corrected chi connectivity index (χ3v) is 8.36. The number of nitrogens with zero attached hydrogens (tertiary/aromatic N) is 2. The van der Waals surface area contributed by atoms with Gasteiger partial charge in [0.1, 0.15) is 11.2 Å². The molecule has 2 aromatic heterocycles. The standard InChI is InChI=1S/C25H31N3O2S/c1-4-19-13-20-22(31-19)14-21-23(29)28(18-11-10-16(2)12-18)25(3,15-27(20)21)24(30)26-17-8-6-5-7-9-17/h10-14,17-18H,4-9,15H2,1-3H3,(H,26,30). The van der Waals surface area contributed by atoms with Crippen LogP contribution in [0.3, 0.4) is 0 Å². The maximum Gasteiger partial charge on any atom is 0.272 e. The smallest absolute Gasteiger partial charge is 0.272 e. The molecule has 2 atom stereocenters. The summed E-state index contributed by atoms with van der Waals surface area (Å²) in [5, 5.41) is 3.31. The van der Waals surface area contributed by atoms with Gasteiger partial charge in [0.2, 0.25) is 5.91 Å². The Morgan fingerprint density at radius 2 is 2.03 bits per heavy atom. The Balaban J connectivity index is 1.57. The second-order valence-corrected chi connectivity index (χ2v) is 10.6. The van der Waals surface area contributed by atoms with Crippen molar-refractivity contribution >= 4 is 33.4 Å². The number of thiophene rings is 1. The molecule has 1 aliphatic heterocycles. The molecule has 0 spiro atoms. The maximum absolute atomic E-state index is 13.8. The maximum atomic E-state index is 13.8. The Morgan fingerprint density at radius 3 is 2.71 bits per heavy atom. The summed E-state index contributed by atoms with van der Waals surface area (Å²) in [5.41, 5.74) is 1.95. The lowest BCUT2D eigenvalue weighted by Gasteiger charge is -2.46. The molecular formula is C25H31N3O2S. The number of rotatable bonds is 4. The summed E-state index contributed by atoms with van der Waals surface area (Å²) >= 11 is 1.75. The number of carbonyl (C=O) groups excluding carboxylic acids is 2. The number of allylic oxidation sites excluding steroid dienone is 2. The first-order chi connectivity index (χ1) is 14.9. The van der Waals surface area contributed by atoms with Crippen LogP contribution < -0.4 is 5.32 Å². The summed E-state index contributed by atoms with van der Waals surface area (Å²) < 4.78 is 3.21. The van der Waals surface area contributed by atoms with Crippen molar-refractivity contribution in [3.63, 3.8) is 0 Å². The van der Waals surface area contributed by atoms with Crippen LogP contribution in [-0.4, -0.2) is 38.9 Å². The van der Waals surface area contributed by atoms with E-state index in [-0.39, 0.29) is 23.9 Å². The highest BCUT2D eigenvalue weighted by Crippen LogP contribution is 2.38. The summed E-state index contributed by atoms with van der Waals surface area (Å²) in [6.07, 6.45) is 12.8. The second-order valence-electron chi connectivity index (χ2n) is 9.45. The van der Waals surface area contributed by atoms with Crippen LogP contribution in [0.2, 0.25) is 0 Å². The lowest BCUT2D eigenvalue weighted by molar-refractivity contribution is -0.134. The van der Waals surface area contributed by atoms with E-state index < -0.39 is 5.54 Å². The number of fused-ring (bicyclic) bond motifs is 3. The average molecular weight is 438 g/mol. The van der Waals surface area contributed by atoms with Gasteiger partial charge in [-0.2, -0.15) is 0 Å². The topological polar surface area (TPSA) is 54.3 Å². The van der Waals surface area contributed by atoms with Crippen molar-refractivity contribution in [2.45, 2.75) is 83.5 Å². The lowest BCUT2D eigenvalue weighted by atomic mass is 9.90. The molecule has 3 heterocycles. The van der Waals surface area contributed by atoms with Crippen LogP contribution in [0.5, 0.6) is 0 Å². The van der Waals surface area contributed by atoms with Crippen LogP contribution in [0.4, 0.5) is 0 Å². The molecule has 0 aromatic carbocycles. The van der Waals surface area contributed by atoms with E-state index in [1.807, 2.05) is 37.0 Å². The van der Waals surface area contributed by atoms with Crippen LogP contribution in [0.25, 0.3) is 10.2 Å². The molecule has 5 rings (SSSR count).